The van der Waals surface area contributed by atoms with Gasteiger partial charge in [-0.05, 0) is 24.3 Å². The van der Waals surface area contributed by atoms with Crippen LogP contribution in [0.4, 0.5) is 5.69 Å². The van der Waals surface area contributed by atoms with Gasteiger partial charge < -0.3 is 5.73 Å². The lowest BCUT2D eigenvalue weighted by Crippen LogP contribution is -2.06. The molecule has 0 atom stereocenters. The number of aromatic nitrogens is 1. The molecule has 0 fully saturated rings. The first-order valence-electron chi connectivity index (χ1n) is 5.68. The maximum Gasteiger partial charge on any atom is 0.254 e. The molecule has 0 amide bonds. The lowest BCUT2D eigenvalue weighted by atomic mass is 10.1. The van der Waals surface area contributed by atoms with Crippen molar-refractivity contribution in [3.05, 3.63) is 55.1 Å². The zero-order chi connectivity index (χ0) is 12.7. The van der Waals surface area contributed by atoms with Crippen LogP contribution >= 0.6 is 0 Å². The van der Waals surface area contributed by atoms with E-state index in [9.17, 15) is 4.79 Å². The fourth-order valence-corrected chi connectivity index (χ4v) is 2.32. The van der Waals surface area contributed by atoms with E-state index in [1.54, 1.807) is 4.57 Å². The Morgan fingerprint density at radius 1 is 1.11 bits per heavy atom. The van der Waals surface area contributed by atoms with Crippen LogP contribution in [-0.2, 0) is 0 Å². The summed E-state index contributed by atoms with van der Waals surface area (Å²) in [6, 6.07) is 13.4. The maximum atomic E-state index is 12.0. The zero-order valence-electron chi connectivity index (χ0n) is 9.76. The second-order valence-electron chi connectivity index (χ2n) is 4.17. The maximum absolute atomic E-state index is 12.0. The Morgan fingerprint density at radius 3 is 2.61 bits per heavy atom. The molecule has 3 aromatic rings. The minimum atomic E-state index is -0.146. The number of carbonyl (C=O) groups excluding carboxylic acids is 1. The van der Waals surface area contributed by atoms with Gasteiger partial charge in [-0.15, -0.1) is 0 Å². The van der Waals surface area contributed by atoms with E-state index in [2.05, 4.69) is 6.58 Å². The molecule has 0 bridgehead atoms. The summed E-state index contributed by atoms with van der Waals surface area (Å²) in [6.07, 6.45) is 1.31. The molecule has 3 nitrogen and oxygen atoms in total. The average Bonchev–Trinajstić information content (AvgIpc) is 2.71. The second kappa shape index (κ2) is 3.74. The average molecular weight is 236 g/mol. The Morgan fingerprint density at radius 2 is 1.83 bits per heavy atom. The van der Waals surface area contributed by atoms with E-state index in [-0.39, 0.29) is 5.91 Å². The van der Waals surface area contributed by atoms with Crippen molar-refractivity contribution in [2.24, 2.45) is 0 Å². The first-order chi connectivity index (χ1) is 8.72. The van der Waals surface area contributed by atoms with Gasteiger partial charge in [-0.3, -0.25) is 9.36 Å². The van der Waals surface area contributed by atoms with E-state index in [1.807, 2.05) is 42.5 Å². The third-order valence-electron chi connectivity index (χ3n) is 3.09. The summed E-state index contributed by atoms with van der Waals surface area (Å²) >= 11 is 0. The van der Waals surface area contributed by atoms with E-state index in [1.165, 1.54) is 6.08 Å². The largest absolute Gasteiger partial charge is 0.399 e. The number of rotatable bonds is 1. The molecule has 88 valence electrons. The van der Waals surface area contributed by atoms with Crippen molar-refractivity contribution in [1.29, 1.82) is 0 Å². The van der Waals surface area contributed by atoms with Crippen LogP contribution in [0.5, 0.6) is 0 Å². The number of carbonyl (C=O) groups is 1. The molecule has 0 saturated heterocycles. The molecule has 0 aliphatic carbocycles. The number of nitrogen functional groups attached to an aromatic ring is 1. The third kappa shape index (κ3) is 1.34. The van der Waals surface area contributed by atoms with E-state index in [4.69, 9.17) is 5.73 Å². The summed E-state index contributed by atoms with van der Waals surface area (Å²) in [5, 5.41) is 2.07. The second-order valence-corrected chi connectivity index (χ2v) is 4.17. The number of anilines is 1. The van der Waals surface area contributed by atoms with Crippen molar-refractivity contribution in [1.82, 2.24) is 4.57 Å². The number of hydrogen-bond donors (Lipinski definition) is 1. The van der Waals surface area contributed by atoms with Crippen molar-refractivity contribution >= 4 is 33.4 Å². The molecule has 1 heterocycles. The van der Waals surface area contributed by atoms with Gasteiger partial charge in [0.15, 0.2) is 0 Å². The number of para-hydroxylation sites is 1. The van der Waals surface area contributed by atoms with Crippen molar-refractivity contribution in [3.63, 3.8) is 0 Å². The molecular formula is C15H12N2O. The van der Waals surface area contributed by atoms with Gasteiger partial charge in [0.25, 0.3) is 5.91 Å². The topological polar surface area (TPSA) is 48.0 Å². The van der Waals surface area contributed by atoms with Crippen molar-refractivity contribution in [3.8, 4) is 0 Å². The van der Waals surface area contributed by atoms with Gasteiger partial charge in [-0.1, -0.05) is 30.8 Å². The van der Waals surface area contributed by atoms with Crippen molar-refractivity contribution in [2.45, 2.75) is 0 Å². The summed E-state index contributed by atoms with van der Waals surface area (Å²) in [5.41, 5.74) is 8.15. The summed E-state index contributed by atoms with van der Waals surface area (Å²) in [4.78, 5) is 12.0. The molecular weight excluding hydrogens is 224 g/mol. The molecule has 2 N–H and O–H groups in total. The standard InChI is InChI=1S/C15H12N2O/c1-2-15(18)17-13-6-4-3-5-11(13)12-8-7-10(16)9-14(12)17/h2-9H,1,16H2. The van der Waals surface area contributed by atoms with E-state index in [0.29, 0.717) is 5.69 Å². The highest BCUT2D eigenvalue weighted by Crippen LogP contribution is 2.30. The predicted molar refractivity (Wildman–Crippen MR) is 74.7 cm³/mol. The number of nitrogens with zero attached hydrogens (tertiary/aromatic N) is 1. The summed E-state index contributed by atoms with van der Waals surface area (Å²) in [6.45, 7) is 3.55. The van der Waals surface area contributed by atoms with Crippen molar-refractivity contribution in [2.75, 3.05) is 5.73 Å². The number of fused-ring (bicyclic) bond motifs is 3. The Bertz CT molecular complexity index is 784. The van der Waals surface area contributed by atoms with Gasteiger partial charge in [0.2, 0.25) is 0 Å². The van der Waals surface area contributed by atoms with E-state index < -0.39 is 0 Å². The normalized spacial score (nSPS) is 10.9. The number of hydrogen-bond acceptors (Lipinski definition) is 2. The molecule has 0 spiro atoms. The van der Waals surface area contributed by atoms with Gasteiger partial charge in [0, 0.05) is 16.5 Å². The van der Waals surface area contributed by atoms with Gasteiger partial charge in [0.05, 0.1) is 11.0 Å². The third-order valence-corrected chi connectivity index (χ3v) is 3.09. The Hall–Kier alpha value is -2.55. The van der Waals surface area contributed by atoms with Crippen LogP contribution in [0.2, 0.25) is 0 Å². The molecule has 0 radical (unpaired) electrons. The number of allylic oxidation sites excluding steroid dienone is 1. The fraction of sp³-hybridized carbons (Fsp3) is 0. The lowest BCUT2D eigenvalue weighted by molar-refractivity contribution is 0.0978. The Kier molecular flexibility index (Phi) is 2.20. The summed E-state index contributed by atoms with van der Waals surface area (Å²) < 4.78 is 1.65. The Balaban J connectivity index is 2.58. The molecule has 0 aliphatic rings. The van der Waals surface area contributed by atoms with E-state index in [0.717, 1.165) is 21.8 Å². The molecule has 2 aromatic carbocycles. The van der Waals surface area contributed by atoms with Crippen molar-refractivity contribution < 1.29 is 4.79 Å². The molecule has 0 unspecified atom stereocenters. The first-order valence-corrected chi connectivity index (χ1v) is 5.68. The Labute approximate surface area is 104 Å². The highest BCUT2D eigenvalue weighted by Gasteiger charge is 2.13. The van der Waals surface area contributed by atoms with Gasteiger partial charge in [0.1, 0.15) is 0 Å². The van der Waals surface area contributed by atoms with Gasteiger partial charge in [-0.25, -0.2) is 0 Å². The quantitative estimate of drug-likeness (QED) is 0.521. The smallest absolute Gasteiger partial charge is 0.254 e. The van der Waals surface area contributed by atoms with Crippen LogP contribution in [-0.4, -0.2) is 10.5 Å². The van der Waals surface area contributed by atoms with Crippen LogP contribution < -0.4 is 5.73 Å². The molecule has 1 aromatic heterocycles. The fourth-order valence-electron chi connectivity index (χ4n) is 2.32. The lowest BCUT2D eigenvalue weighted by Gasteiger charge is -2.02. The van der Waals surface area contributed by atoms with Crippen LogP contribution in [0, 0.1) is 0 Å². The van der Waals surface area contributed by atoms with Gasteiger partial charge in [-0.2, -0.15) is 0 Å². The zero-order valence-corrected chi connectivity index (χ0v) is 9.76. The molecule has 0 aliphatic heterocycles. The van der Waals surface area contributed by atoms with Crippen LogP contribution in [0.15, 0.2) is 55.1 Å². The number of benzene rings is 2. The van der Waals surface area contributed by atoms with E-state index >= 15 is 0 Å². The highest BCUT2D eigenvalue weighted by molar-refractivity contribution is 6.15. The summed E-state index contributed by atoms with van der Waals surface area (Å²) in [7, 11) is 0. The molecule has 3 rings (SSSR count). The van der Waals surface area contributed by atoms with Crippen LogP contribution in [0.3, 0.4) is 0 Å². The highest BCUT2D eigenvalue weighted by atomic mass is 16.1. The predicted octanol–water partition coefficient (Wildman–Crippen LogP) is 3.20. The minimum absolute atomic E-state index is 0.146. The number of nitrogens with two attached hydrogens (primary N) is 1. The summed E-state index contributed by atoms with van der Waals surface area (Å²) in [5.74, 6) is -0.146. The monoisotopic (exact) mass is 236 g/mol. The molecule has 3 heteroatoms. The SMILES string of the molecule is C=CC(=O)n1c2ccccc2c2ccc(N)cc21. The van der Waals surface area contributed by atoms with Gasteiger partial charge >= 0.3 is 0 Å². The van der Waals surface area contributed by atoms with Crippen LogP contribution in [0.1, 0.15) is 4.79 Å². The minimum Gasteiger partial charge on any atom is -0.399 e. The first kappa shape index (κ1) is 10.6. The molecule has 0 saturated carbocycles. The molecule has 18 heavy (non-hydrogen) atoms. The van der Waals surface area contributed by atoms with Crippen LogP contribution in [0.25, 0.3) is 21.8 Å².